The van der Waals surface area contributed by atoms with Crippen molar-refractivity contribution in [2.24, 2.45) is 11.8 Å². The minimum absolute atomic E-state index is 0.0685. The quantitative estimate of drug-likeness (QED) is 0.268. The predicted octanol–water partition coefficient (Wildman–Crippen LogP) is 12.2. The van der Waals surface area contributed by atoms with Crippen molar-refractivity contribution in [1.82, 2.24) is 0 Å². The highest BCUT2D eigenvalue weighted by Crippen LogP contribution is 2.44. The lowest BCUT2D eigenvalue weighted by atomic mass is 9.74. The fraction of sp³-hybridized carbons (Fsp3) is 0.684. The van der Waals surface area contributed by atoms with E-state index < -0.39 is 0 Å². The molecule has 0 amide bonds. The van der Waals surface area contributed by atoms with Crippen molar-refractivity contribution in [3.05, 3.63) is 70.5 Å². The fourth-order valence-corrected chi connectivity index (χ4v) is 8.57. The van der Waals surface area contributed by atoms with Gasteiger partial charge in [-0.1, -0.05) is 88.8 Å². The molecule has 0 N–H and O–H groups in total. The summed E-state index contributed by atoms with van der Waals surface area (Å²) in [6, 6.07) is 16.1. The molecule has 0 bridgehead atoms. The van der Waals surface area contributed by atoms with Gasteiger partial charge < -0.3 is 0 Å². The van der Waals surface area contributed by atoms with Crippen LogP contribution in [0.15, 0.2) is 42.5 Å². The van der Waals surface area contributed by atoms with E-state index in [-0.39, 0.29) is 5.82 Å². The molecule has 3 aliphatic carbocycles. The molecule has 3 saturated carbocycles. The lowest BCUT2D eigenvalue weighted by Gasteiger charge is -2.31. The molecule has 39 heavy (non-hydrogen) atoms. The third-order valence-corrected chi connectivity index (χ3v) is 11.1. The van der Waals surface area contributed by atoms with Gasteiger partial charge in [-0.25, -0.2) is 4.39 Å². The first-order chi connectivity index (χ1) is 19.1. The predicted molar refractivity (Wildman–Crippen MR) is 165 cm³/mol. The van der Waals surface area contributed by atoms with E-state index >= 15 is 4.39 Å². The highest BCUT2D eigenvalue weighted by Gasteiger charge is 2.28. The summed E-state index contributed by atoms with van der Waals surface area (Å²) in [4.78, 5) is 0. The Bertz CT molecular complexity index is 982. The smallest absolute Gasteiger partial charge is 0.126 e. The van der Waals surface area contributed by atoms with Crippen molar-refractivity contribution in [3.8, 4) is 0 Å². The Morgan fingerprint density at radius 3 is 1.49 bits per heavy atom. The van der Waals surface area contributed by atoms with Crippen molar-refractivity contribution in [2.75, 3.05) is 0 Å². The van der Waals surface area contributed by atoms with Crippen molar-refractivity contribution >= 4 is 0 Å². The first kappa shape index (κ1) is 28.9. The van der Waals surface area contributed by atoms with Crippen LogP contribution in [0, 0.1) is 17.7 Å². The molecule has 0 unspecified atom stereocenters. The lowest BCUT2D eigenvalue weighted by Crippen LogP contribution is -2.15. The average molecular weight is 531 g/mol. The molecule has 0 saturated heterocycles. The van der Waals surface area contributed by atoms with Crippen LogP contribution in [0.25, 0.3) is 0 Å². The van der Waals surface area contributed by atoms with Gasteiger partial charge in [-0.3, -0.25) is 0 Å². The van der Waals surface area contributed by atoms with Gasteiger partial charge in [0, 0.05) is 0 Å². The molecule has 0 aliphatic heterocycles. The van der Waals surface area contributed by atoms with E-state index in [4.69, 9.17) is 0 Å². The van der Waals surface area contributed by atoms with Gasteiger partial charge in [0.1, 0.15) is 5.82 Å². The molecular weight excluding hydrogens is 475 g/mol. The summed E-state index contributed by atoms with van der Waals surface area (Å²) in [6.45, 7) is 4.62. The van der Waals surface area contributed by atoms with Crippen LogP contribution in [0.1, 0.15) is 175 Å². The molecule has 0 nitrogen and oxygen atoms in total. The van der Waals surface area contributed by atoms with E-state index in [1.165, 1.54) is 114 Å². The molecule has 1 heteroatoms. The summed E-state index contributed by atoms with van der Waals surface area (Å²) in [7, 11) is 0. The van der Waals surface area contributed by atoms with E-state index in [1.54, 1.807) is 5.56 Å². The Labute approximate surface area is 239 Å². The second-order valence-electron chi connectivity index (χ2n) is 13.7. The molecule has 2 aromatic rings. The number of benzene rings is 2. The van der Waals surface area contributed by atoms with E-state index in [9.17, 15) is 0 Å². The van der Waals surface area contributed by atoms with Gasteiger partial charge in [-0.15, -0.1) is 0 Å². The van der Waals surface area contributed by atoms with Crippen LogP contribution >= 0.6 is 0 Å². The average Bonchev–Trinajstić information content (AvgIpc) is 2.98. The molecule has 0 heterocycles. The molecule has 0 spiro atoms. The second kappa shape index (κ2) is 14.3. The highest BCUT2D eigenvalue weighted by atomic mass is 19.1. The summed E-state index contributed by atoms with van der Waals surface area (Å²) in [5, 5.41) is 0. The summed E-state index contributed by atoms with van der Waals surface area (Å²) in [5.41, 5.74) is 5.32. The molecule has 3 aliphatic rings. The van der Waals surface area contributed by atoms with Crippen LogP contribution in [0.4, 0.5) is 4.39 Å². The zero-order chi connectivity index (χ0) is 27.0. The second-order valence-corrected chi connectivity index (χ2v) is 13.7. The highest BCUT2D eigenvalue weighted by molar-refractivity contribution is 5.32. The van der Waals surface area contributed by atoms with E-state index in [2.05, 4.69) is 50.2 Å². The third kappa shape index (κ3) is 7.56. The molecule has 3 fully saturated rings. The first-order valence-electron chi connectivity index (χ1n) is 17.0. The molecular formula is C38H55F. The standard InChI is InChI=1S/C38H55F/c1-3-5-6-8-29-11-15-34(16-12-29)36-25-26-37(38(39)27-36)35-23-21-33(22-24-35)32-19-17-31(18-20-32)30-13-9-28(7-4-2)10-14-30/h17-20,25-30,33-35H,3-16,21-24H2,1-2H3. The number of rotatable bonds is 10. The molecule has 0 radical (unpaired) electrons. The van der Waals surface area contributed by atoms with Crippen LogP contribution in [-0.2, 0) is 0 Å². The molecule has 0 aromatic heterocycles. The zero-order valence-corrected chi connectivity index (χ0v) is 25.1. The third-order valence-electron chi connectivity index (χ3n) is 11.1. The summed E-state index contributed by atoms with van der Waals surface area (Å²) in [5.74, 6) is 4.33. The summed E-state index contributed by atoms with van der Waals surface area (Å²) >= 11 is 0. The van der Waals surface area contributed by atoms with Gasteiger partial charge in [0.05, 0.1) is 0 Å². The van der Waals surface area contributed by atoms with Gasteiger partial charge in [0.15, 0.2) is 0 Å². The van der Waals surface area contributed by atoms with Gasteiger partial charge in [0.2, 0.25) is 0 Å². The molecule has 0 atom stereocenters. The Balaban J connectivity index is 1.10. The number of hydrogen-bond donors (Lipinski definition) is 0. The van der Waals surface area contributed by atoms with Gasteiger partial charge in [-0.2, -0.15) is 0 Å². The largest absolute Gasteiger partial charge is 0.207 e. The monoisotopic (exact) mass is 530 g/mol. The van der Waals surface area contributed by atoms with E-state index in [0.717, 1.165) is 36.2 Å². The topological polar surface area (TPSA) is 0 Å². The molecule has 5 rings (SSSR count). The SMILES string of the molecule is CCCCCC1CCC(c2ccc(C3CCC(c4ccc(C5CCC(CCC)CC5)cc4)CC3)c(F)c2)CC1. The number of unbranched alkanes of at least 4 members (excludes halogenated alkanes) is 2. The first-order valence-corrected chi connectivity index (χ1v) is 17.0. The van der Waals surface area contributed by atoms with Crippen LogP contribution in [0.3, 0.4) is 0 Å². The minimum Gasteiger partial charge on any atom is -0.207 e. The Kier molecular flexibility index (Phi) is 10.6. The summed E-state index contributed by atoms with van der Waals surface area (Å²) in [6.07, 6.45) is 23.6. The van der Waals surface area contributed by atoms with Crippen molar-refractivity contribution in [2.45, 2.75) is 153 Å². The maximum absolute atomic E-state index is 15.4. The molecule has 2 aromatic carbocycles. The maximum atomic E-state index is 15.4. The van der Waals surface area contributed by atoms with Crippen LogP contribution in [0.5, 0.6) is 0 Å². The van der Waals surface area contributed by atoms with Gasteiger partial charge >= 0.3 is 0 Å². The van der Waals surface area contributed by atoms with E-state index in [0.29, 0.717) is 17.8 Å². The minimum atomic E-state index is 0.0685. The lowest BCUT2D eigenvalue weighted by molar-refractivity contribution is 0.302. The number of hydrogen-bond acceptors (Lipinski definition) is 0. The Hall–Kier alpha value is -1.63. The maximum Gasteiger partial charge on any atom is 0.126 e. The normalized spacial score (nSPS) is 29.8. The zero-order valence-electron chi connectivity index (χ0n) is 25.1. The number of halogens is 1. The Morgan fingerprint density at radius 2 is 0.974 bits per heavy atom. The van der Waals surface area contributed by atoms with Crippen molar-refractivity contribution in [1.29, 1.82) is 0 Å². The fourth-order valence-electron chi connectivity index (χ4n) is 8.57. The van der Waals surface area contributed by atoms with Crippen molar-refractivity contribution in [3.63, 3.8) is 0 Å². The van der Waals surface area contributed by atoms with Crippen molar-refractivity contribution < 1.29 is 4.39 Å². The van der Waals surface area contributed by atoms with Gasteiger partial charge in [-0.05, 0) is 141 Å². The molecule has 214 valence electrons. The Morgan fingerprint density at radius 1 is 0.513 bits per heavy atom. The van der Waals surface area contributed by atoms with Crippen LogP contribution < -0.4 is 0 Å². The van der Waals surface area contributed by atoms with E-state index in [1.807, 2.05) is 6.07 Å². The summed E-state index contributed by atoms with van der Waals surface area (Å²) < 4.78 is 15.4. The van der Waals surface area contributed by atoms with Gasteiger partial charge in [0.25, 0.3) is 0 Å². The van der Waals surface area contributed by atoms with Crippen LogP contribution in [0.2, 0.25) is 0 Å². The van der Waals surface area contributed by atoms with Crippen LogP contribution in [-0.4, -0.2) is 0 Å².